The van der Waals surface area contributed by atoms with E-state index < -0.39 is 0 Å². The van der Waals surface area contributed by atoms with E-state index in [9.17, 15) is 4.79 Å². The topological polar surface area (TPSA) is 72.3 Å². The third kappa shape index (κ3) is 2.09. The first-order valence-corrected chi connectivity index (χ1v) is 6.67. The minimum atomic E-state index is 0.0923. The van der Waals surface area contributed by atoms with Crippen LogP contribution in [0.25, 0.3) is 0 Å². The highest BCUT2D eigenvalue weighted by molar-refractivity contribution is 6.07. The lowest BCUT2D eigenvalue weighted by Crippen LogP contribution is -2.20. The van der Waals surface area contributed by atoms with E-state index in [4.69, 9.17) is 11.5 Å². The van der Waals surface area contributed by atoms with Gasteiger partial charge in [0.05, 0.1) is 12.1 Å². The predicted octanol–water partition coefficient (Wildman–Crippen LogP) is 1.82. The molecule has 1 amide bonds. The second-order valence-electron chi connectivity index (χ2n) is 4.94. The summed E-state index contributed by atoms with van der Waals surface area (Å²) in [5.41, 5.74) is 16.2. The molecule has 0 saturated carbocycles. The van der Waals surface area contributed by atoms with E-state index in [1.807, 2.05) is 42.5 Å². The Hall–Kier alpha value is -2.17. The summed E-state index contributed by atoms with van der Waals surface area (Å²) in [6.45, 7) is 0.997. The number of nitrogens with two attached hydrogens (primary N) is 2. The molecule has 0 atom stereocenters. The Morgan fingerprint density at radius 1 is 0.950 bits per heavy atom. The third-order valence-electron chi connectivity index (χ3n) is 3.64. The number of rotatable bonds is 3. The second kappa shape index (κ2) is 5.07. The third-order valence-corrected chi connectivity index (χ3v) is 3.64. The summed E-state index contributed by atoms with van der Waals surface area (Å²) in [6.07, 6.45) is 0.432. The second-order valence-corrected chi connectivity index (χ2v) is 4.94. The van der Waals surface area contributed by atoms with Crippen LogP contribution in [0.2, 0.25) is 0 Å². The molecule has 1 aliphatic heterocycles. The fourth-order valence-corrected chi connectivity index (χ4v) is 2.57. The maximum atomic E-state index is 12.3. The van der Waals surface area contributed by atoms with Crippen LogP contribution in [0.1, 0.15) is 16.7 Å². The number of hydrogen-bond donors (Lipinski definition) is 2. The molecule has 3 rings (SSSR count). The first-order valence-electron chi connectivity index (χ1n) is 6.67. The Kier molecular flexibility index (Phi) is 3.26. The van der Waals surface area contributed by atoms with Gasteiger partial charge in [-0.1, -0.05) is 24.3 Å². The van der Waals surface area contributed by atoms with Crippen molar-refractivity contribution in [1.29, 1.82) is 0 Å². The molecule has 0 aromatic heterocycles. The standard InChI is InChI=1S/C16H17N3O/c17-9-11-1-4-14(5-2-11)19-15-6-3-12(10-18)7-13(15)8-16(19)20/h1-7H,8-10,17-18H2. The van der Waals surface area contributed by atoms with Crippen LogP contribution < -0.4 is 16.4 Å². The summed E-state index contributed by atoms with van der Waals surface area (Å²) in [7, 11) is 0. The van der Waals surface area contributed by atoms with E-state index in [-0.39, 0.29) is 5.91 Å². The van der Waals surface area contributed by atoms with Crippen LogP contribution in [0.3, 0.4) is 0 Å². The van der Waals surface area contributed by atoms with Crippen molar-refractivity contribution in [3.63, 3.8) is 0 Å². The van der Waals surface area contributed by atoms with Crippen molar-refractivity contribution in [1.82, 2.24) is 0 Å². The lowest BCUT2D eigenvalue weighted by Gasteiger charge is -2.18. The molecule has 4 nitrogen and oxygen atoms in total. The molecule has 0 saturated heterocycles. The average molecular weight is 267 g/mol. The van der Waals surface area contributed by atoms with Gasteiger partial charge in [-0.05, 0) is 34.9 Å². The lowest BCUT2D eigenvalue weighted by molar-refractivity contribution is -0.116. The molecule has 0 spiro atoms. The molecule has 4 heteroatoms. The number of carbonyl (C=O) groups is 1. The van der Waals surface area contributed by atoms with Crippen molar-refractivity contribution in [3.05, 3.63) is 59.2 Å². The van der Waals surface area contributed by atoms with E-state index in [2.05, 4.69) is 0 Å². The summed E-state index contributed by atoms with van der Waals surface area (Å²) < 4.78 is 0. The molecule has 2 aromatic rings. The zero-order valence-electron chi connectivity index (χ0n) is 11.2. The van der Waals surface area contributed by atoms with Crippen molar-refractivity contribution in [2.24, 2.45) is 11.5 Å². The molecule has 0 fully saturated rings. The van der Waals surface area contributed by atoms with Gasteiger partial charge in [-0.15, -0.1) is 0 Å². The minimum absolute atomic E-state index is 0.0923. The Labute approximate surface area is 118 Å². The Balaban J connectivity index is 2.00. The van der Waals surface area contributed by atoms with E-state index in [0.29, 0.717) is 19.5 Å². The number of anilines is 2. The molecular weight excluding hydrogens is 250 g/mol. The molecule has 102 valence electrons. The van der Waals surface area contributed by atoms with Crippen LogP contribution in [0, 0.1) is 0 Å². The number of nitrogens with zero attached hydrogens (tertiary/aromatic N) is 1. The van der Waals surface area contributed by atoms with Gasteiger partial charge in [-0.2, -0.15) is 0 Å². The average Bonchev–Trinajstić information content (AvgIpc) is 2.82. The Morgan fingerprint density at radius 3 is 2.25 bits per heavy atom. The van der Waals surface area contributed by atoms with E-state index in [0.717, 1.165) is 28.1 Å². The fraction of sp³-hybridized carbons (Fsp3) is 0.188. The van der Waals surface area contributed by atoms with Gasteiger partial charge in [0, 0.05) is 18.8 Å². The highest BCUT2D eigenvalue weighted by atomic mass is 16.2. The molecule has 0 bridgehead atoms. The van der Waals surface area contributed by atoms with Crippen molar-refractivity contribution in [2.45, 2.75) is 19.5 Å². The minimum Gasteiger partial charge on any atom is -0.326 e. The number of carbonyl (C=O) groups excluding carboxylic acids is 1. The zero-order chi connectivity index (χ0) is 14.1. The summed E-state index contributed by atoms with van der Waals surface area (Å²) in [5, 5.41) is 0. The quantitative estimate of drug-likeness (QED) is 0.891. The Bertz CT molecular complexity index is 649. The van der Waals surface area contributed by atoms with Crippen LogP contribution in [0.5, 0.6) is 0 Å². The molecule has 20 heavy (non-hydrogen) atoms. The van der Waals surface area contributed by atoms with Gasteiger partial charge in [-0.25, -0.2) is 0 Å². The number of amides is 1. The first kappa shape index (κ1) is 12.8. The SMILES string of the molecule is NCc1ccc(N2C(=O)Cc3cc(CN)ccc32)cc1. The van der Waals surface area contributed by atoms with Crippen molar-refractivity contribution >= 4 is 17.3 Å². The van der Waals surface area contributed by atoms with Gasteiger partial charge < -0.3 is 11.5 Å². The summed E-state index contributed by atoms with van der Waals surface area (Å²) in [5.74, 6) is 0.0923. The smallest absolute Gasteiger partial charge is 0.236 e. The van der Waals surface area contributed by atoms with Gasteiger partial charge in [0.1, 0.15) is 0 Å². The number of hydrogen-bond acceptors (Lipinski definition) is 3. The van der Waals surface area contributed by atoms with Crippen molar-refractivity contribution in [2.75, 3.05) is 4.90 Å². The molecule has 2 aromatic carbocycles. The molecule has 0 radical (unpaired) electrons. The lowest BCUT2D eigenvalue weighted by atomic mass is 10.1. The maximum Gasteiger partial charge on any atom is 0.236 e. The number of fused-ring (bicyclic) bond motifs is 1. The highest BCUT2D eigenvalue weighted by Crippen LogP contribution is 2.35. The molecule has 1 heterocycles. The first-order chi connectivity index (χ1) is 9.72. The van der Waals surface area contributed by atoms with Crippen molar-refractivity contribution < 1.29 is 4.79 Å². The largest absolute Gasteiger partial charge is 0.326 e. The molecule has 4 N–H and O–H groups in total. The summed E-state index contributed by atoms with van der Waals surface area (Å²) >= 11 is 0. The summed E-state index contributed by atoms with van der Waals surface area (Å²) in [6, 6.07) is 13.7. The van der Waals surface area contributed by atoms with Gasteiger partial charge in [0.2, 0.25) is 5.91 Å². The molecule has 0 unspecified atom stereocenters. The number of benzene rings is 2. The maximum absolute atomic E-state index is 12.3. The van der Waals surface area contributed by atoms with Crippen LogP contribution >= 0.6 is 0 Å². The van der Waals surface area contributed by atoms with E-state index >= 15 is 0 Å². The van der Waals surface area contributed by atoms with Crippen LogP contribution in [-0.2, 0) is 24.3 Å². The van der Waals surface area contributed by atoms with E-state index in [1.54, 1.807) is 4.90 Å². The van der Waals surface area contributed by atoms with Crippen LogP contribution in [0.4, 0.5) is 11.4 Å². The predicted molar refractivity (Wildman–Crippen MR) is 79.5 cm³/mol. The highest BCUT2D eigenvalue weighted by Gasteiger charge is 2.28. The van der Waals surface area contributed by atoms with Gasteiger partial charge in [-0.3, -0.25) is 9.69 Å². The van der Waals surface area contributed by atoms with Gasteiger partial charge >= 0.3 is 0 Å². The van der Waals surface area contributed by atoms with Gasteiger partial charge in [0.15, 0.2) is 0 Å². The molecule has 1 aliphatic rings. The van der Waals surface area contributed by atoms with E-state index in [1.165, 1.54) is 0 Å². The van der Waals surface area contributed by atoms with Crippen LogP contribution in [0.15, 0.2) is 42.5 Å². The van der Waals surface area contributed by atoms with Crippen LogP contribution in [-0.4, -0.2) is 5.91 Å². The monoisotopic (exact) mass is 267 g/mol. The summed E-state index contributed by atoms with van der Waals surface area (Å²) in [4.78, 5) is 14.0. The normalized spacial score (nSPS) is 13.7. The fourth-order valence-electron chi connectivity index (χ4n) is 2.57. The zero-order valence-corrected chi connectivity index (χ0v) is 11.2. The van der Waals surface area contributed by atoms with Crippen molar-refractivity contribution in [3.8, 4) is 0 Å². The molecular formula is C16H17N3O. The molecule has 0 aliphatic carbocycles. The Morgan fingerprint density at radius 2 is 1.60 bits per heavy atom. The van der Waals surface area contributed by atoms with Gasteiger partial charge in [0.25, 0.3) is 0 Å².